The molecule has 152 valence electrons. The Morgan fingerprint density at radius 1 is 1.17 bits per heavy atom. The lowest BCUT2D eigenvalue weighted by molar-refractivity contribution is -0.126. The van der Waals surface area contributed by atoms with Gasteiger partial charge in [-0.3, -0.25) is 9.69 Å². The number of thioether (sulfide) groups is 1. The zero-order valence-electron chi connectivity index (χ0n) is 16.5. The summed E-state index contributed by atoms with van der Waals surface area (Å²) in [5.74, 6) is 0.510. The van der Waals surface area contributed by atoms with Crippen LogP contribution >= 0.6 is 11.8 Å². The van der Waals surface area contributed by atoms with Gasteiger partial charge in [0, 0.05) is 0 Å². The molecule has 2 aromatic rings. The van der Waals surface area contributed by atoms with Crippen LogP contribution in [0.15, 0.2) is 58.7 Å². The normalized spacial score (nSPS) is 18.2. The molecule has 0 N–H and O–H groups in total. The smallest absolute Gasteiger partial charge is 0.242 e. The number of hydrogen-bond donors (Lipinski definition) is 0. The molecule has 5 nitrogen and oxygen atoms in total. The van der Waals surface area contributed by atoms with Crippen molar-refractivity contribution in [2.24, 2.45) is 10.2 Å². The van der Waals surface area contributed by atoms with E-state index in [-0.39, 0.29) is 17.0 Å². The second-order valence-corrected chi connectivity index (χ2v) is 7.87. The molecule has 0 bridgehead atoms. The van der Waals surface area contributed by atoms with Gasteiger partial charge in [0.2, 0.25) is 5.91 Å². The van der Waals surface area contributed by atoms with E-state index in [2.05, 4.69) is 17.1 Å². The molecular weight excluding hydrogens is 389 g/mol. The average molecular weight is 414 g/mol. The maximum Gasteiger partial charge on any atom is 0.242 e. The van der Waals surface area contributed by atoms with Crippen molar-refractivity contribution in [3.63, 3.8) is 0 Å². The van der Waals surface area contributed by atoms with Crippen LogP contribution in [0.1, 0.15) is 37.3 Å². The van der Waals surface area contributed by atoms with E-state index in [0.29, 0.717) is 11.7 Å². The zero-order valence-corrected chi connectivity index (χ0v) is 17.4. The lowest BCUT2D eigenvalue weighted by Crippen LogP contribution is -2.31. The van der Waals surface area contributed by atoms with Gasteiger partial charge >= 0.3 is 0 Å². The highest BCUT2D eigenvalue weighted by atomic mass is 32.2. The molecule has 1 saturated heterocycles. The number of benzene rings is 2. The Kier molecular flexibility index (Phi) is 7.41. The number of hydrogen-bond acceptors (Lipinski definition) is 5. The van der Waals surface area contributed by atoms with Crippen molar-refractivity contribution in [2.75, 3.05) is 7.11 Å². The highest BCUT2D eigenvalue weighted by molar-refractivity contribution is 8.15. The second-order valence-electron chi connectivity index (χ2n) is 6.70. The standard InChI is InChI=1S/C22H24FN3O2S/c1-3-4-5-20-21(27)26(15-17-6-10-18(23)11-7-17)22(29-20)25-24-14-16-8-12-19(28-2)13-9-16/h6-14,20H,3-5,15H2,1-2H3. The molecule has 0 spiro atoms. The fraction of sp³-hybridized carbons (Fsp3) is 0.318. The topological polar surface area (TPSA) is 54.3 Å². The van der Waals surface area contributed by atoms with E-state index in [1.807, 2.05) is 24.3 Å². The van der Waals surface area contributed by atoms with Crippen molar-refractivity contribution >= 4 is 29.1 Å². The number of methoxy groups -OCH3 is 1. The molecule has 1 fully saturated rings. The van der Waals surface area contributed by atoms with Crippen molar-refractivity contribution in [2.45, 2.75) is 38.0 Å². The van der Waals surface area contributed by atoms with Gasteiger partial charge in [0.15, 0.2) is 5.17 Å². The Labute approximate surface area is 174 Å². The zero-order chi connectivity index (χ0) is 20.6. The lowest BCUT2D eigenvalue weighted by Gasteiger charge is -2.15. The number of amidine groups is 1. The van der Waals surface area contributed by atoms with Crippen LogP contribution in [0, 0.1) is 5.82 Å². The molecule has 1 unspecified atom stereocenters. The number of halogens is 1. The van der Waals surface area contributed by atoms with E-state index < -0.39 is 0 Å². The summed E-state index contributed by atoms with van der Waals surface area (Å²) in [7, 11) is 1.62. The Bertz CT molecular complexity index is 882. The SMILES string of the molecule is CCCCC1SC(=NN=Cc2ccc(OC)cc2)N(Cc2ccc(F)cc2)C1=O. The van der Waals surface area contributed by atoms with Gasteiger partial charge in [-0.25, -0.2) is 4.39 Å². The van der Waals surface area contributed by atoms with E-state index in [0.717, 1.165) is 36.1 Å². The van der Waals surface area contributed by atoms with E-state index >= 15 is 0 Å². The van der Waals surface area contributed by atoms with Crippen LogP contribution < -0.4 is 4.74 Å². The van der Waals surface area contributed by atoms with Gasteiger partial charge in [0.05, 0.1) is 25.1 Å². The monoisotopic (exact) mass is 413 g/mol. The van der Waals surface area contributed by atoms with Crippen molar-refractivity contribution in [3.8, 4) is 5.75 Å². The van der Waals surface area contributed by atoms with Gasteiger partial charge in [-0.05, 0) is 53.9 Å². The largest absolute Gasteiger partial charge is 0.497 e. The number of unbranched alkanes of at least 4 members (excludes halogenated alkanes) is 1. The quantitative estimate of drug-likeness (QED) is 0.459. The summed E-state index contributed by atoms with van der Waals surface area (Å²) in [6, 6.07) is 13.6. The minimum absolute atomic E-state index is 0.0335. The van der Waals surface area contributed by atoms with Crippen molar-refractivity contribution in [3.05, 3.63) is 65.5 Å². The highest BCUT2D eigenvalue weighted by Gasteiger charge is 2.37. The maximum atomic E-state index is 13.2. The molecule has 0 aromatic heterocycles. The Balaban J connectivity index is 1.77. The maximum absolute atomic E-state index is 13.2. The van der Waals surface area contributed by atoms with Gasteiger partial charge < -0.3 is 4.74 Å². The van der Waals surface area contributed by atoms with Crippen molar-refractivity contribution in [1.82, 2.24) is 4.90 Å². The summed E-state index contributed by atoms with van der Waals surface area (Å²) < 4.78 is 18.3. The van der Waals surface area contributed by atoms with Crippen LogP contribution in [0.5, 0.6) is 5.75 Å². The van der Waals surface area contributed by atoms with Gasteiger partial charge in [0.25, 0.3) is 0 Å². The summed E-state index contributed by atoms with van der Waals surface area (Å²) in [6.07, 6.45) is 4.47. The predicted octanol–water partition coefficient (Wildman–Crippen LogP) is 4.86. The van der Waals surface area contributed by atoms with E-state index in [1.165, 1.54) is 23.9 Å². The number of carbonyl (C=O) groups excluding carboxylic acids is 1. The Hall–Kier alpha value is -2.67. The van der Waals surface area contributed by atoms with E-state index in [1.54, 1.807) is 30.4 Å². The van der Waals surface area contributed by atoms with Crippen LogP contribution in [0.2, 0.25) is 0 Å². The number of amides is 1. The summed E-state index contributed by atoms with van der Waals surface area (Å²) in [5, 5.41) is 8.92. The highest BCUT2D eigenvalue weighted by Crippen LogP contribution is 2.32. The van der Waals surface area contributed by atoms with Gasteiger partial charge in [0.1, 0.15) is 11.6 Å². The third-order valence-electron chi connectivity index (χ3n) is 4.56. The van der Waals surface area contributed by atoms with Crippen LogP contribution in [-0.4, -0.2) is 34.5 Å². The predicted molar refractivity (Wildman–Crippen MR) is 116 cm³/mol. The number of rotatable bonds is 8. The summed E-state index contributed by atoms with van der Waals surface area (Å²) in [6.45, 7) is 2.46. The lowest BCUT2D eigenvalue weighted by atomic mass is 10.1. The molecule has 0 radical (unpaired) electrons. The molecule has 1 aliphatic rings. The summed E-state index contributed by atoms with van der Waals surface area (Å²) in [5.41, 5.74) is 1.74. The first-order valence-corrected chi connectivity index (χ1v) is 10.5. The van der Waals surface area contributed by atoms with E-state index in [4.69, 9.17) is 4.74 Å². The van der Waals surface area contributed by atoms with Crippen LogP contribution in [0.3, 0.4) is 0 Å². The molecule has 2 aromatic carbocycles. The fourth-order valence-electron chi connectivity index (χ4n) is 2.91. The van der Waals surface area contributed by atoms with E-state index in [9.17, 15) is 9.18 Å². The molecule has 7 heteroatoms. The molecule has 29 heavy (non-hydrogen) atoms. The molecule has 1 amide bonds. The third kappa shape index (κ3) is 5.67. The number of carbonyl (C=O) groups is 1. The summed E-state index contributed by atoms with van der Waals surface area (Å²) >= 11 is 1.45. The molecule has 3 rings (SSSR count). The minimum Gasteiger partial charge on any atom is -0.497 e. The van der Waals surface area contributed by atoms with Crippen LogP contribution in [0.25, 0.3) is 0 Å². The Morgan fingerprint density at radius 2 is 1.90 bits per heavy atom. The first-order chi connectivity index (χ1) is 14.1. The minimum atomic E-state index is -0.297. The molecular formula is C22H24FN3O2S. The van der Waals surface area contributed by atoms with Crippen LogP contribution in [0.4, 0.5) is 4.39 Å². The van der Waals surface area contributed by atoms with Gasteiger partial charge in [-0.2, -0.15) is 5.10 Å². The van der Waals surface area contributed by atoms with Gasteiger partial charge in [-0.15, -0.1) is 5.10 Å². The van der Waals surface area contributed by atoms with Crippen molar-refractivity contribution in [1.29, 1.82) is 0 Å². The second kappa shape index (κ2) is 10.2. The molecule has 0 saturated carbocycles. The Morgan fingerprint density at radius 3 is 2.55 bits per heavy atom. The summed E-state index contributed by atoms with van der Waals surface area (Å²) in [4.78, 5) is 14.5. The van der Waals surface area contributed by atoms with Crippen molar-refractivity contribution < 1.29 is 13.9 Å². The third-order valence-corrected chi connectivity index (χ3v) is 5.79. The molecule has 1 atom stereocenters. The molecule has 1 aliphatic heterocycles. The molecule has 1 heterocycles. The first-order valence-electron chi connectivity index (χ1n) is 9.58. The van der Waals surface area contributed by atoms with Crippen LogP contribution in [-0.2, 0) is 11.3 Å². The number of nitrogens with zero attached hydrogens (tertiary/aromatic N) is 3. The molecule has 0 aliphatic carbocycles. The first kappa shape index (κ1) is 21.0. The fourth-order valence-corrected chi connectivity index (χ4v) is 4.05. The van der Waals surface area contributed by atoms with Gasteiger partial charge in [-0.1, -0.05) is 43.7 Å². The average Bonchev–Trinajstić information content (AvgIpc) is 3.03. The number of ether oxygens (including phenoxy) is 1.